The van der Waals surface area contributed by atoms with Gasteiger partial charge in [-0.1, -0.05) is 23.6 Å². The zero-order chi connectivity index (χ0) is 19.4. The maximum Gasteiger partial charge on any atom is 0.243 e. The van der Waals surface area contributed by atoms with Crippen molar-refractivity contribution in [2.24, 2.45) is 5.92 Å². The Morgan fingerprint density at radius 1 is 1.07 bits per heavy atom. The lowest BCUT2D eigenvalue weighted by Gasteiger charge is -2.37. The molecule has 2 saturated heterocycles. The minimum atomic E-state index is -3.50. The summed E-state index contributed by atoms with van der Waals surface area (Å²) in [6.07, 6.45) is 6.99. The topological polar surface area (TPSA) is 60.9 Å². The van der Waals surface area contributed by atoms with E-state index in [-0.39, 0.29) is 11.8 Å². The molecule has 7 heteroatoms. The van der Waals surface area contributed by atoms with Gasteiger partial charge in [-0.25, -0.2) is 8.42 Å². The van der Waals surface area contributed by atoms with Gasteiger partial charge in [0.2, 0.25) is 15.9 Å². The van der Waals surface area contributed by atoms with Gasteiger partial charge in [0.1, 0.15) is 0 Å². The highest BCUT2D eigenvalue weighted by atomic mass is 32.2. The highest BCUT2D eigenvalue weighted by molar-refractivity contribution is 7.89. The number of nitrogens with zero attached hydrogens (tertiary/aromatic N) is 3. The molecule has 146 valence electrons. The highest BCUT2D eigenvalue weighted by Gasteiger charge is 2.33. The van der Waals surface area contributed by atoms with Gasteiger partial charge in [0.15, 0.2) is 0 Å². The number of hydrogen-bond donors (Lipinski definition) is 0. The molecule has 2 heterocycles. The average molecular weight is 390 g/mol. The van der Waals surface area contributed by atoms with Crippen LogP contribution in [0.5, 0.6) is 0 Å². The first-order valence-corrected chi connectivity index (χ1v) is 10.9. The van der Waals surface area contributed by atoms with Crippen LogP contribution in [0.4, 0.5) is 0 Å². The molecule has 2 fully saturated rings. The molecule has 27 heavy (non-hydrogen) atoms. The SMILES string of the molecule is C#CCN1CCC(C(=O)N2CCN(S(=O)(=O)c3ccc(C)cc3)CC2)CC1. The zero-order valence-corrected chi connectivity index (χ0v) is 16.6. The van der Waals surface area contributed by atoms with Gasteiger partial charge in [-0.2, -0.15) is 4.31 Å². The van der Waals surface area contributed by atoms with Crippen LogP contribution in [0.3, 0.4) is 0 Å². The maximum atomic E-state index is 12.8. The molecule has 0 aliphatic carbocycles. The standard InChI is InChI=1S/C20H27N3O3S/c1-3-10-21-11-8-18(9-12-21)20(24)22-13-15-23(16-14-22)27(25,26)19-6-4-17(2)5-7-19/h1,4-7,18H,8-16H2,2H3. The Bertz CT molecular complexity index is 798. The molecule has 0 atom stereocenters. The quantitative estimate of drug-likeness (QED) is 0.726. The fourth-order valence-electron chi connectivity index (χ4n) is 3.73. The van der Waals surface area contributed by atoms with E-state index in [1.807, 2.05) is 11.8 Å². The molecule has 0 unspecified atom stereocenters. The Labute approximate surface area is 162 Å². The summed E-state index contributed by atoms with van der Waals surface area (Å²) >= 11 is 0. The number of sulfonamides is 1. The van der Waals surface area contributed by atoms with Crippen LogP contribution in [0.2, 0.25) is 0 Å². The minimum absolute atomic E-state index is 0.0271. The minimum Gasteiger partial charge on any atom is -0.340 e. The van der Waals surface area contributed by atoms with E-state index in [4.69, 9.17) is 6.42 Å². The van der Waals surface area contributed by atoms with Gasteiger partial charge < -0.3 is 4.90 Å². The molecule has 0 saturated carbocycles. The molecule has 0 aromatic heterocycles. The van der Waals surface area contributed by atoms with Gasteiger partial charge in [0.25, 0.3) is 0 Å². The first-order valence-electron chi connectivity index (χ1n) is 9.43. The van der Waals surface area contributed by atoms with Gasteiger partial charge >= 0.3 is 0 Å². The molecular weight excluding hydrogens is 362 g/mol. The smallest absolute Gasteiger partial charge is 0.243 e. The summed E-state index contributed by atoms with van der Waals surface area (Å²) in [5, 5.41) is 0. The Hall–Kier alpha value is -1.88. The Kier molecular flexibility index (Phi) is 6.20. The summed E-state index contributed by atoms with van der Waals surface area (Å²) in [4.78, 5) is 17.1. The van der Waals surface area contributed by atoms with Crippen molar-refractivity contribution in [3.63, 3.8) is 0 Å². The second-order valence-electron chi connectivity index (χ2n) is 7.30. The molecule has 1 aromatic carbocycles. The van der Waals surface area contributed by atoms with Gasteiger partial charge in [0.05, 0.1) is 11.4 Å². The molecule has 0 bridgehead atoms. The molecule has 0 N–H and O–H groups in total. The van der Waals surface area contributed by atoms with E-state index in [1.54, 1.807) is 24.3 Å². The number of likely N-dealkylation sites (tertiary alicyclic amines) is 1. The number of benzene rings is 1. The van der Waals surface area contributed by atoms with E-state index in [9.17, 15) is 13.2 Å². The molecule has 1 amide bonds. The number of rotatable bonds is 4. The second-order valence-corrected chi connectivity index (χ2v) is 9.23. The van der Waals surface area contributed by atoms with Crippen molar-refractivity contribution >= 4 is 15.9 Å². The lowest BCUT2D eigenvalue weighted by molar-refractivity contribution is -0.138. The number of piperazine rings is 1. The van der Waals surface area contributed by atoms with Crippen molar-refractivity contribution in [2.75, 3.05) is 45.8 Å². The molecule has 6 nitrogen and oxygen atoms in total. The van der Waals surface area contributed by atoms with E-state index in [1.165, 1.54) is 4.31 Å². The van der Waals surface area contributed by atoms with Crippen LogP contribution < -0.4 is 0 Å². The predicted molar refractivity (Wildman–Crippen MR) is 105 cm³/mol. The van der Waals surface area contributed by atoms with Crippen molar-refractivity contribution in [3.8, 4) is 12.3 Å². The average Bonchev–Trinajstić information content (AvgIpc) is 2.69. The third-order valence-electron chi connectivity index (χ3n) is 5.46. The first kappa shape index (κ1) is 19.9. The molecule has 0 radical (unpaired) electrons. The summed E-state index contributed by atoms with van der Waals surface area (Å²) in [6.45, 7) is 5.86. The van der Waals surface area contributed by atoms with E-state index in [0.717, 1.165) is 31.5 Å². The lowest BCUT2D eigenvalue weighted by Crippen LogP contribution is -2.52. The molecule has 3 rings (SSSR count). The first-order chi connectivity index (χ1) is 12.9. The van der Waals surface area contributed by atoms with Crippen molar-refractivity contribution in [1.29, 1.82) is 0 Å². The van der Waals surface area contributed by atoms with Crippen LogP contribution in [0.25, 0.3) is 0 Å². The molecule has 2 aliphatic rings. The molecule has 2 aliphatic heterocycles. The zero-order valence-electron chi connectivity index (χ0n) is 15.8. The second kappa shape index (κ2) is 8.42. The Balaban J connectivity index is 1.55. The van der Waals surface area contributed by atoms with E-state index in [2.05, 4.69) is 10.8 Å². The Morgan fingerprint density at radius 3 is 2.22 bits per heavy atom. The van der Waals surface area contributed by atoms with E-state index < -0.39 is 10.0 Å². The number of amides is 1. The summed E-state index contributed by atoms with van der Waals surface area (Å²) in [5.41, 5.74) is 1.03. The predicted octanol–water partition coefficient (Wildman–Crippen LogP) is 1.17. The summed E-state index contributed by atoms with van der Waals surface area (Å²) in [5.74, 6) is 2.83. The molecule has 0 spiro atoms. The summed E-state index contributed by atoms with van der Waals surface area (Å²) in [7, 11) is -3.50. The normalized spacial score (nSPS) is 20.4. The van der Waals surface area contributed by atoms with E-state index in [0.29, 0.717) is 37.6 Å². The van der Waals surface area contributed by atoms with Gasteiger partial charge in [-0.15, -0.1) is 6.42 Å². The monoisotopic (exact) mass is 389 g/mol. The van der Waals surface area contributed by atoms with Crippen LogP contribution >= 0.6 is 0 Å². The van der Waals surface area contributed by atoms with Gasteiger partial charge in [0, 0.05) is 32.1 Å². The van der Waals surface area contributed by atoms with Crippen LogP contribution in [0.1, 0.15) is 18.4 Å². The number of terminal acetylenes is 1. The fourth-order valence-corrected chi connectivity index (χ4v) is 5.16. The highest BCUT2D eigenvalue weighted by Crippen LogP contribution is 2.22. The summed E-state index contributed by atoms with van der Waals surface area (Å²) in [6, 6.07) is 6.90. The largest absolute Gasteiger partial charge is 0.340 e. The fraction of sp³-hybridized carbons (Fsp3) is 0.550. The number of carbonyl (C=O) groups excluding carboxylic acids is 1. The van der Waals surface area contributed by atoms with E-state index >= 15 is 0 Å². The van der Waals surface area contributed by atoms with Crippen molar-refractivity contribution in [3.05, 3.63) is 29.8 Å². The number of hydrogen-bond acceptors (Lipinski definition) is 4. The third kappa shape index (κ3) is 4.52. The van der Waals surface area contributed by atoms with Crippen molar-refractivity contribution < 1.29 is 13.2 Å². The van der Waals surface area contributed by atoms with Crippen LogP contribution in [0, 0.1) is 25.2 Å². The van der Waals surface area contributed by atoms with Crippen LogP contribution in [-0.4, -0.2) is 74.2 Å². The van der Waals surface area contributed by atoms with Crippen molar-refractivity contribution in [2.45, 2.75) is 24.7 Å². The number of carbonyl (C=O) groups is 1. The molecular formula is C20H27N3O3S. The third-order valence-corrected chi connectivity index (χ3v) is 7.37. The molecule has 1 aromatic rings. The Morgan fingerprint density at radius 2 is 1.67 bits per heavy atom. The van der Waals surface area contributed by atoms with Crippen molar-refractivity contribution in [1.82, 2.24) is 14.1 Å². The van der Waals surface area contributed by atoms with Crippen LogP contribution in [-0.2, 0) is 14.8 Å². The summed E-state index contributed by atoms with van der Waals surface area (Å²) < 4.78 is 27.0. The number of piperidine rings is 1. The van der Waals surface area contributed by atoms with Gasteiger partial charge in [-0.05, 0) is 45.0 Å². The maximum absolute atomic E-state index is 12.8. The van der Waals surface area contributed by atoms with Gasteiger partial charge in [-0.3, -0.25) is 9.69 Å². The lowest BCUT2D eigenvalue weighted by atomic mass is 9.95. The van der Waals surface area contributed by atoms with Crippen LogP contribution in [0.15, 0.2) is 29.2 Å². The number of aryl methyl sites for hydroxylation is 1.